The minimum Gasteiger partial charge on any atom is -0.452 e. The minimum absolute atomic E-state index is 0.00348. The number of nitrogens with one attached hydrogen (secondary N) is 2. The maximum Gasteiger partial charge on any atom is 0.338 e. The number of hydrazine groups is 1. The predicted molar refractivity (Wildman–Crippen MR) is 120 cm³/mol. The standard InChI is InChI=1S/C21H14ClN5O6S/c1-10-23-26-21(34-10)27-18(30)12-7-6-11(8-14(12)19(27)31)20(32)33-9-16(28)24-25-17(29)13-4-2-3-5-15(13)22/h2-8H,9H2,1H3,(H,24,28)(H,25,29). The molecule has 0 fully saturated rings. The monoisotopic (exact) mass is 499 g/mol. The maximum absolute atomic E-state index is 12.7. The van der Waals surface area contributed by atoms with Gasteiger partial charge in [0, 0.05) is 0 Å². The van der Waals surface area contributed by atoms with E-state index in [0.29, 0.717) is 5.01 Å². The van der Waals surface area contributed by atoms with E-state index in [9.17, 15) is 24.0 Å². The number of carbonyl (C=O) groups is 5. The fourth-order valence-electron chi connectivity index (χ4n) is 3.01. The van der Waals surface area contributed by atoms with E-state index in [1.165, 1.54) is 30.3 Å². The number of halogens is 1. The number of aryl methyl sites for hydroxylation is 1. The number of esters is 1. The summed E-state index contributed by atoms with van der Waals surface area (Å²) in [5.41, 5.74) is 4.48. The van der Waals surface area contributed by atoms with E-state index < -0.39 is 36.2 Å². The minimum atomic E-state index is -0.902. The van der Waals surface area contributed by atoms with Crippen molar-refractivity contribution in [3.05, 3.63) is 74.7 Å². The first-order valence-corrected chi connectivity index (χ1v) is 10.8. The Bertz CT molecular complexity index is 1360. The Morgan fingerprint density at radius 2 is 1.76 bits per heavy atom. The van der Waals surface area contributed by atoms with Crippen LogP contribution < -0.4 is 15.8 Å². The molecule has 4 amide bonds. The molecule has 0 spiro atoms. The third-order valence-corrected chi connectivity index (χ3v) is 5.75. The fraction of sp³-hybridized carbons (Fsp3) is 0.0952. The van der Waals surface area contributed by atoms with Crippen LogP contribution in [0.15, 0.2) is 42.5 Å². The van der Waals surface area contributed by atoms with E-state index in [4.69, 9.17) is 16.3 Å². The second-order valence-electron chi connectivity index (χ2n) is 6.87. The Kier molecular flexibility index (Phi) is 6.34. The number of hydrogen-bond donors (Lipinski definition) is 2. The maximum atomic E-state index is 12.7. The van der Waals surface area contributed by atoms with Crippen molar-refractivity contribution in [2.24, 2.45) is 0 Å². The molecule has 0 saturated heterocycles. The molecule has 0 saturated carbocycles. The van der Waals surface area contributed by atoms with Crippen molar-refractivity contribution in [3.8, 4) is 0 Å². The zero-order chi connectivity index (χ0) is 24.4. The van der Waals surface area contributed by atoms with Crippen molar-refractivity contribution >= 4 is 57.7 Å². The molecule has 1 aromatic heterocycles. The van der Waals surface area contributed by atoms with Gasteiger partial charge in [0.25, 0.3) is 23.6 Å². The van der Waals surface area contributed by atoms with Gasteiger partial charge in [-0.15, -0.1) is 10.2 Å². The van der Waals surface area contributed by atoms with Gasteiger partial charge in [-0.3, -0.25) is 30.0 Å². The molecule has 172 valence electrons. The van der Waals surface area contributed by atoms with E-state index in [-0.39, 0.29) is 32.4 Å². The van der Waals surface area contributed by atoms with Gasteiger partial charge in [0.05, 0.1) is 27.3 Å². The lowest BCUT2D eigenvalue weighted by atomic mass is 10.1. The second-order valence-corrected chi connectivity index (χ2v) is 8.44. The Morgan fingerprint density at radius 1 is 1.03 bits per heavy atom. The molecule has 0 aliphatic carbocycles. The molecular formula is C21H14ClN5O6S. The van der Waals surface area contributed by atoms with Crippen LogP contribution >= 0.6 is 22.9 Å². The normalized spacial score (nSPS) is 12.4. The summed E-state index contributed by atoms with van der Waals surface area (Å²) in [5, 5.41) is 8.53. The number of aromatic nitrogens is 2. The summed E-state index contributed by atoms with van der Waals surface area (Å²) in [6, 6.07) is 10.1. The molecule has 0 unspecified atom stereocenters. The van der Waals surface area contributed by atoms with Crippen LogP contribution in [-0.2, 0) is 9.53 Å². The Hall–Kier alpha value is -4.16. The molecule has 4 rings (SSSR count). The molecule has 0 radical (unpaired) electrons. The molecule has 2 aromatic carbocycles. The van der Waals surface area contributed by atoms with E-state index in [2.05, 4.69) is 21.0 Å². The van der Waals surface area contributed by atoms with Gasteiger partial charge in [0.2, 0.25) is 5.13 Å². The van der Waals surface area contributed by atoms with Gasteiger partial charge in [0.15, 0.2) is 6.61 Å². The Labute approximate surface area is 200 Å². The summed E-state index contributed by atoms with van der Waals surface area (Å²) in [4.78, 5) is 62.5. The highest BCUT2D eigenvalue weighted by atomic mass is 35.5. The van der Waals surface area contributed by atoms with Crippen LogP contribution in [0, 0.1) is 6.92 Å². The highest BCUT2D eigenvalue weighted by Gasteiger charge is 2.39. The predicted octanol–water partition coefficient (Wildman–Crippen LogP) is 1.92. The largest absolute Gasteiger partial charge is 0.452 e. The van der Waals surface area contributed by atoms with Gasteiger partial charge >= 0.3 is 5.97 Å². The first kappa shape index (κ1) is 23.0. The van der Waals surface area contributed by atoms with Crippen molar-refractivity contribution in [2.75, 3.05) is 11.5 Å². The van der Waals surface area contributed by atoms with E-state index >= 15 is 0 Å². The van der Waals surface area contributed by atoms with Gasteiger partial charge in [-0.05, 0) is 37.3 Å². The number of benzene rings is 2. The van der Waals surface area contributed by atoms with Crippen molar-refractivity contribution in [3.63, 3.8) is 0 Å². The molecule has 1 aliphatic heterocycles. The average molecular weight is 500 g/mol. The van der Waals surface area contributed by atoms with Gasteiger partial charge in [-0.1, -0.05) is 35.1 Å². The molecule has 2 heterocycles. The van der Waals surface area contributed by atoms with Crippen molar-refractivity contribution in [2.45, 2.75) is 6.92 Å². The van der Waals surface area contributed by atoms with Crippen LogP contribution in [0.2, 0.25) is 5.02 Å². The molecule has 3 aromatic rings. The summed E-state index contributed by atoms with van der Waals surface area (Å²) in [6.07, 6.45) is 0. The Morgan fingerprint density at radius 3 is 2.47 bits per heavy atom. The second kappa shape index (κ2) is 9.37. The van der Waals surface area contributed by atoms with Crippen LogP contribution in [0.4, 0.5) is 5.13 Å². The van der Waals surface area contributed by atoms with E-state index in [1.54, 1.807) is 19.1 Å². The van der Waals surface area contributed by atoms with Crippen molar-refractivity contribution < 1.29 is 28.7 Å². The third-order valence-electron chi connectivity index (χ3n) is 4.60. The number of rotatable bonds is 5. The summed E-state index contributed by atoms with van der Waals surface area (Å²) < 4.78 is 4.93. The summed E-state index contributed by atoms with van der Waals surface area (Å²) in [7, 11) is 0. The number of fused-ring (bicyclic) bond motifs is 1. The number of amides is 4. The molecule has 13 heteroatoms. The lowest BCUT2D eigenvalue weighted by Gasteiger charge is -2.09. The number of anilines is 1. The fourth-order valence-corrected chi connectivity index (χ4v) is 3.91. The summed E-state index contributed by atoms with van der Waals surface area (Å²) in [5.74, 6) is -3.59. The number of carbonyl (C=O) groups excluding carboxylic acids is 5. The van der Waals surface area contributed by atoms with Gasteiger partial charge in [-0.2, -0.15) is 0 Å². The molecular weight excluding hydrogens is 486 g/mol. The molecule has 34 heavy (non-hydrogen) atoms. The molecule has 1 aliphatic rings. The lowest BCUT2D eigenvalue weighted by molar-refractivity contribution is -0.125. The van der Waals surface area contributed by atoms with Crippen LogP contribution in [0.3, 0.4) is 0 Å². The first-order chi connectivity index (χ1) is 16.3. The molecule has 2 N–H and O–H groups in total. The Balaban J connectivity index is 1.36. The van der Waals surface area contributed by atoms with Crippen molar-refractivity contribution in [1.82, 2.24) is 21.0 Å². The zero-order valence-electron chi connectivity index (χ0n) is 17.3. The van der Waals surface area contributed by atoms with Gasteiger partial charge in [-0.25, -0.2) is 9.69 Å². The average Bonchev–Trinajstić information content (AvgIpc) is 3.36. The highest BCUT2D eigenvalue weighted by molar-refractivity contribution is 7.15. The van der Waals surface area contributed by atoms with Gasteiger partial charge in [0.1, 0.15) is 5.01 Å². The topological polar surface area (TPSA) is 148 Å². The smallest absolute Gasteiger partial charge is 0.338 e. The number of ether oxygens (including phenoxy) is 1. The number of imide groups is 1. The highest BCUT2D eigenvalue weighted by Crippen LogP contribution is 2.30. The molecule has 0 atom stereocenters. The van der Waals surface area contributed by atoms with E-state index in [1.807, 2.05) is 0 Å². The first-order valence-electron chi connectivity index (χ1n) is 9.60. The van der Waals surface area contributed by atoms with Crippen LogP contribution in [0.25, 0.3) is 0 Å². The third kappa shape index (κ3) is 4.49. The lowest BCUT2D eigenvalue weighted by Crippen LogP contribution is -2.43. The van der Waals surface area contributed by atoms with Crippen LogP contribution in [0.1, 0.15) is 46.4 Å². The SMILES string of the molecule is Cc1nnc(N2C(=O)c3ccc(C(=O)OCC(=O)NNC(=O)c4ccccc4Cl)cc3C2=O)s1. The van der Waals surface area contributed by atoms with Crippen LogP contribution in [0.5, 0.6) is 0 Å². The van der Waals surface area contributed by atoms with E-state index in [0.717, 1.165) is 16.2 Å². The zero-order valence-corrected chi connectivity index (χ0v) is 18.9. The summed E-state index contributed by atoms with van der Waals surface area (Å²) >= 11 is 6.99. The van der Waals surface area contributed by atoms with Crippen LogP contribution in [-0.4, -0.2) is 46.4 Å². The quantitative estimate of drug-likeness (QED) is 0.307. The summed E-state index contributed by atoms with van der Waals surface area (Å²) in [6.45, 7) is 0.980. The van der Waals surface area contributed by atoms with Crippen molar-refractivity contribution in [1.29, 1.82) is 0 Å². The number of hydrogen-bond acceptors (Lipinski definition) is 9. The van der Waals surface area contributed by atoms with Gasteiger partial charge < -0.3 is 4.74 Å². The molecule has 11 nitrogen and oxygen atoms in total. The molecule has 0 bridgehead atoms. The number of nitrogens with zero attached hydrogens (tertiary/aromatic N) is 3.